The summed E-state index contributed by atoms with van der Waals surface area (Å²) >= 11 is 0. The Balaban J connectivity index is 1.71. The normalized spacial score (nSPS) is 15.0. The van der Waals surface area contributed by atoms with E-state index in [2.05, 4.69) is 25.3 Å². The van der Waals surface area contributed by atoms with Crippen molar-refractivity contribution in [2.45, 2.75) is 25.7 Å². The number of nitrogens with zero attached hydrogens (tertiary/aromatic N) is 4. The van der Waals surface area contributed by atoms with Gasteiger partial charge in [-0.15, -0.1) is 0 Å². The standard InChI is InChI=1S/C17H23N5O3/c1-24-11-8-19-16(23)17-20-15(21-25-17)13-6-7-18-14(12-13)22-9-4-2-3-5-10-22/h6-7,12H,2-5,8-11H2,1H3,(H,19,23). The Bertz CT molecular complexity index is 695. The molecule has 8 nitrogen and oxygen atoms in total. The highest BCUT2D eigenvalue weighted by Gasteiger charge is 2.17. The van der Waals surface area contributed by atoms with Crippen LogP contribution in [0.1, 0.15) is 36.4 Å². The lowest BCUT2D eigenvalue weighted by Gasteiger charge is -2.21. The fourth-order valence-electron chi connectivity index (χ4n) is 2.81. The first-order valence-electron chi connectivity index (χ1n) is 8.60. The zero-order valence-corrected chi connectivity index (χ0v) is 14.4. The minimum absolute atomic E-state index is 0.0563. The van der Waals surface area contributed by atoms with Crippen molar-refractivity contribution in [3.8, 4) is 11.4 Å². The van der Waals surface area contributed by atoms with E-state index in [1.807, 2.05) is 12.1 Å². The van der Waals surface area contributed by atoms with E-state index in [9.17, 15) is 4.79 Å². The van der Waals surface area contributed by atoms with Crippen molar-refractivity contribution in [2.24, 2.45) is 0 Å². The third-order valence-electron chi connectivity index (χ3n) is 4.15. The predicted molar refractivity (Wildman–Crippen MR) is 92.4 cm³/mol. The molecule has 8 heteroatoms. The van der Waals surface area contributed by atoms with E-state index in [1.165, 1.54) is 25.7 Å². The van der Waals surface area contributed by atoms with Crippen molar-refractivity contribution in [3.63, 3.8) is 0 Å². The lowest BCUT2D eigenvalue weighted by atomic mass is 10.2. The molecule has 0 bridgehead atoms. The highest BCUT2D eigenvalue weighted by atomic mass is 16.5. The summed E-state index contributed by atoms with van der Waals surface area (Å²) in [6.07, 6.45) is 6.63. The number of amides is 1. The summed E-state index contributed by atoms with van der Waals surface area (Å²) < 4.78 is 9.96. The number of carbonyl (C=O) groups is 1. The number of pyridine rings is 1. The summed E-state index contributed by atoms with van der Waals surface area (Å²) in [7, 11) is 1.57. The van der Waals surface area contributed by atoms with Gasteiger partial charge in [-0.3, -0.25) is 4.79 Å². The van der Waals surface area contributed by atoms with Crippen LogP contribution in [0.2, 0.25) is 0 Å². The molecule has 1 saturated heterocycles. The van der Waals surface area contributed by atoms with Crippen molar-refractivity contribution in [2.75, 3.05) is 38.3 Å². The number of nitrogens with one attached hydrogen (secondary N) is 1. The number of aromatic nitrogens is 3. The molecule has 1 aliphatic rings. The second kappa shape index (κ2) is 8.57. The summed E-state index contributed by atoms with van der Waals surface area (Å²) in [6.45, 7) is 2.84. The molecule has 0 aliphatic carbocycles. The molecule has 25 heavy (non-hydrogen) atoms. The van der Waals surface area contributed by atoms with Gasteiger partial charge in [0.25, 0.3) is 0 Å². The maximum atomic E-state index is 11.9. The van der Waals surface area contributed by atoms with Gasteiger partial charge in [0.05, 0.1) is 6.61 Å². The lowest BCUT2D eigenvalue weighted by molar-refractivity contribution is 0.0893. The number of ether oxygens (including phenoxy) is 1. The average molecular weight is 345 g/mol. The van der Waals surface area contributed by atoms with E-state index < -0.39 is 5.91 Å². The van der Waals surface area contributed by atoms with E-state index in [4.69, 9.17) is 9.26 Å². The van der Waals surface area contributed by atoms with Gasteiger partial charge in [-0.25, -0.2) is 4.98 Å². The Morgan fingerprint density at radius 2 is 2.12 bits per heavy atom. The number of methoxy groups -OCH3 is 1. The van der Waals surface area contributed by atoms with Gasteiger partial charge >= 0.3 is 11.8 Å². The highest BCUT2D eigenvalue weighted by molar-refractivity contribution is 5.89. The minimum atomic E-state index is -0.405. The third kappa shape index (κ3) is 4.54. The second-order valence-corrected chi connectivity index (χ2v) is 5.98. The van der Waals surface area contributed by atoms with Crippen molar-refractivity contribution < 1.29 is 14.1 Å². The minimum Gasteiger partial charge on any atom is -0.383 e. The quantitative estimate of drug-likeness (QED) is 0.799. The average Bonchev–Trinajstić information content (AvgIpc) is 2.98. The molecular formula is C17H23N5O3. The Kier molecular flexibility index (Phi) is 5.95. The molecule has 1 fully saturated rings. The van der Waals surface area contributed by atoms with Gasteiger partial charge in [-0.1, -0.05) is 18.0 Å². The fourth-order valence-corrected chi connectivity index (χ4v) is 2.81. The van der Waals surface area contributed by atoms with Crippen molar-refractivity contribution in [3.05, 3.63) is 24.2 Å². The smallest absolute Gasteiger partial charge is 0.316 e. The molecule has 3 rings (SSSR count). The van der Waals surface area contributed by atoms with Crippen LogP contribution in [0, 0.1) is 0 Å². The van der Waals surface area contributed by atoms with Crippen LogP contribution in [-0.2, 0) is 4.74 Å². The van der Waals surface area contributed by atoms with E-state index in [1.54, 1.807) is 13.3 Å². The molecule has 0 radical (unpaired) electrons. The van der Waals surface area contributed by atoms with Crippen LogP contribution < -0.4 is 10.2 Å². The molecule has 0 atom stereocenters. The largest absolute Gasteiger partial charge is 0.383 e. The topological polar surface area (TPSA) is 93.4 Å². The van der Waals surface area contributed by atoms with Gasteiger partial charge in [0.2, 0.25) is 5.82 Å². The number of carbonyl (C=O) groups excluding carboxylic acids is 1. The van der Waals surface area contributed by atoms with Crippen LogP contribution in [0.5, 0.6) is 0 Å². The van der Waals surface area contributed by atoms with Crippen LogP contribution in [0.3, 0.4) is 0 Å². The van der Waals surface area contributed by atoms with Crippen LogP contribution in [-0.4, -0.2) is 54.4 Å². The molecule has 1 amide bonds. The highest BCUT2D eigenvalue weighted by Crippen LogP contribution is 2.22. The SMILES string of the molecule is COCCNC(=O)c1nc(-c2ccnc(N3CCCCCC3)c2)no1. The molecule has 0 saturated carbocycles. The van der Waals surface area contributed by atoms with Crippen LogP contribution in [0.4, 0.5) is 5.82 Å². The Hall–Kier alpha value is -2.48. The number of hydrogen-bond donors (Lipinski definition) is 1. The van der Waals surface area contributed by atoms with E-state index >= 15 is 0 Å². The van der Waals surface area contributed by atoms with Gasteiger partial charge in [-0.05, 0) is 25.0 Å². The molecule has 0 unspecified atom stereocenters. The summed E-state index contributed by atoms with van der Waals surface area (Å²) in [5, 5.41) is 6.57. The molecule has 3 heterocycles. The molecule has 134 valence electrons. The molecule has 1 N–H and O–H groups in total. The second-order valence-electron chi connectivity index (χ2n) is 5.98. The lowest BCUT2D eigenvalue weighted by Crippen LogP contribution is -2.27. The molecule has 2 aromatic heterocycles. The summed E-state index contributed by atoms with van der Waals surface area (Å²) in [4.78, 5) is 22.9. The monoisotopic (exact) mass is 345 g/mol. The zero-order valence-electron chi connectivity index (χ0n) is 14.4. The first kappa shape index (κ1) is 17.3. The van der Waals surface area contributed by atoms with Crippen LogP contribution in [0.25, 0.3) is 11.4 Å². The number of rotatable bonds is 6. The Morgan fingerprint density at radius 3 is 2.88 bits per heavy atom. The summed E-state index contributed by atoms with van der Waals surface area (Å²) in [5.74, 6) is 0.836. The van der Waals surface area contributed by atoms with Gasteiger partial charge < -0.3 is 19.5 Å². The van der Waals surface area contributed by atoms with E-state index in [0.717, 1.165) is 24.5 Å². The number of anilines is 1. The van der Waals surface area contributed by atoms with E-state index in [0.29, 0.717) is 19.0 Å². The first-order valence-corrected chi connectivity index (χ1v) is 8.60. The summed E-state index contributed by atoms with van der Waals surface area (Å²) in [6, 6.07) is 3.77. The maximum Gasteiger partial charge on any atom is 0.316 e. The molecule has 1 aliphatic heterocycles. The molecule has 0 aromatic carbocycles. The maximum absolute atomic E-state index is 11.9. The predicted octanol–water partition coefficient (Wildman–Crippen LogP) is 1.89. The van der Waals surface area contributed by atoms with Gasteiger partial charge in [0, 0.05) is 38.5 Å². The van der Waals surface area contributed by atoms with E-state index in [-0.39, 0.29) is 5.89 Å². The van der Waals surface area contributed by atoms with Gasteiger partial charge in [0.15, 0.2) is 0 Å². The van der Waals surface area contributed by atoms with Gasteiger partial charge in [-0.2, -0.15) is 4.98 Å². The van der Waals surface area contributed by atoms with Crippen molar-refractivity contribution in [1.29, 1.82) is 0 Å². The first-order chi connectivity index (χ1) is 12.3. The zero-order chi connectivity index (χ0) is 17.5. The Morgan fingerprint density at radius 1 is 1.32 bits per heavy atom. The summed E-state index contributed by atoms with van der Waals surface area (Å²) in [5.41, 5.74) is 0.786. The molecular weight excluding hydrogens is 322 g/mol. The van der Waals surface area contributed by atoms with Crippen LogP contribution >= 0.6 is 0 Å². The molecule has 2 aromatic rings. The molecule has 0 spiro atoms. The van der Waals surface area contributed by atoms with Crippen LogP contribution in [0.15, 0.2) is 22.9 Å². The third-order valence-corrected chi connectivity index (χ3v) is 4.15. The fraction of sp³-hybridized carbons (Fsp3) is 0.529. The van der Waals surface area contributed by atoms with Crippen molar-refractivity contribution >= 4 is 11.7 Å². The van der Waals surface area contributed by atoms with Gasteiger partial charge in [0.1, 0.15) is 5.82 Å². The van der Waals surface area contributed by atoms with Crippen molar-refractivity contribution in [1.82, 2.24) is 20.4 Å². The Labute approximate surface area is 146 Å². The number of hydrogen-bond acceptors (Lipinski definition) is 7.